The molecule has 0 saturated carbocycles. The number of nitrogens with zero attached hydrogens (tertiary/aromatic N) is 2. The molecule has 0 fully saturated rings. The number of carbonyl (C=O) groups is 2. The lowest BCUT2D eigenvalue weighted by Crippen LogP contribution is -2.30. The van der Waals surface area contributed by atoms with E-state index in [2.05, 4.69) is 15.3 Å². The smallest absolute Gasteiger partial charge is 0.307 e. The van der Waals surface area contributed by atoms with Crippen molar-refractivity contribution in [2.45, 2.75) is 39.7 Å². The minimum absolute atomic E-state index is 0.0645. The molecular weight excluding hydrogens is 374 g/mol. The Hall–Kier alpha value is -2.80. The van der Waals surface area contributed by atoms with Crippen LogP contribution in [0.2, 0.25) is 0 Å². The highest BCUT2D eigenvalue weighted by molar-refractivity contribution is 7.20. The van der Waals surface area contributed by atoms with Crippen LogP contribution in [0.15, 0.2) is 30.3 Å². The third-order valence-corrected chi connectivity index (χ3v) is 5.83. The number of nitrogens with one attached hydrogen (secondary N) is 1. The fourth-order valence-corrected chi connectivity index (χ4v) is 4.33. The van der Waals surface area contributed by atoms with Crippen molar-refractivity contribution in [1.29, 1.82) is 0 Å². The molecule has 0 aliphatic heterocycles. The quantitative estimate of drug-likeness (QED) is 0.638. The van der Waals surface area contributed by atoms with Crippen molar-refractivity contribution in [3.05, 3.63) is 57.9 Å². The van der Waals surface area contributed by atoms with E-state index in [0.717, 1.165) is 39.3 Å². The molecule has 6 nitrogen and oxygen atoms in total. The second-order valence-corrected chi connectivity index (χ2v) is 7.53. The number of rotatable bonds is 6. The third-order valence-electron chi connectivity index (χ3n) is 4.65. The number of aromatic nitrogens is 2. The minimum Gasteiger partial charge on any atom is -0.469 e. The number of benzene rings is 1. The number of carbonyl (C=O) groups excluding carboxylic acids is 2. The van der Waals surface area contributed by atoms with Gasteiger partial charge in [-0.3, -0.25) is 9.59 Å². The maximum Gasteiger partial charge on any atom is 0.307 e. The van der Waals surface area contributed by atoms with Crippen molar-refractivity contribution in [2.75, 3.05) is 7.11 Å². The summed E-state index contributed by atoms with van der Waals surface area (Å²) < 4.78 is 4.80. The van der Waals surface area contributed by atoms with Gasteiger partial charge in [0.15, 0.2) is 0 Å². The Morgan fingerprint density at radius 2 is 1.89 bits per heavy atom. The van der Waals surface area contributed by atoms with Gasteiger partial charge in [0, 0.05) is 17.5 Å². The molecule has 3 rings (SSSR count). The van der Waals surface area contributed by atoms with E-state index in [4.69, 9.17) is 4.74 Å². The lowest BCUT2D eigenvalue weighted by atomic mass is 10.0. The van der Waals surface area contributed by atoms with Crippen LogP contribution >= 0.6 is 11.3 Å². The van der Waals surface area contributed by atoms with Gasteiger partial charge >= 0.3 is 5.97 Å². The number of amides is 1. The molecule has 0 aliphatic rings. The van der Waals surface area contributed by atoms with E-state index in [9.17, 15) is 9.59 Å². The van der Waals surface area contributed by atoms with Crippen LogP contribution < -0.4 is 5.32 Å². The molecule has 28 heavy (non-hydrogen) atoms. The van der Waals surface area contributed by atoms with Crippen molar-refractivity contribution in [2.24, 2.45) is 0 Å². The average Bonchev–Trinajstić information content (AvgIpc) is 3.04. The first-order valence-corrected chi connectivity index (χ1v) is 9.95. The van der Waals surface area contributed by atoms with E-state index < -0.39 is 6.04 Å². The number of hydrogen-bond acceptors (Lipinski definition) is 6. The predicted octanol–water partition coefficient (Wildman–Crippen LogP) is 3.90. The van der Waals surface area contributed by atoms with Gasteiger partial charge in [0.25, 0.3) is 5.91 Å². The second kappa shape index (κ2) is 8.48. The molecular formula is C21H23N3O3S. The first-order chi connectivity index (χ1) is 13.4. The minimum atomic E-state index is -0.468. The monoisotopic (exact) mass is 397 g/mol. The Balaban J connectivity index is 1.94. The van der Waals surface area contributed by atoms with E-state index in [1.54, 1.807) is 0 Å². The molecule has 0 spiro atoms. The molecule has 0 saturated heterocycles. The molecule has 0 radical (unpaired) electrons. The lowest BCUT2D eigenvalue weighted by Gasteiger charge is -2.18. The summed E-state index contributed by atoms with van der Waals surface area (Å²) in [7, 11) is 1.34. The van der Waals surface area contributed by atoms with Gasteiger partial charge in [0.1, 0.15) is 10.7 Å². The lowest BCUT2D eigenvalue weighted by molar-refractivity contribution is -0.141. The molecule has 1 unspecified atom stereocenters. The fourth-order valence-electron chi connectivity index (χ4n) is 3.18. The fraction of sp³-hybridized carbons (Fsp3) is 0.333. The third kappa shape index (κ3) is 4.04. The maximum absolute atomic E-state index is 13.1. The molecule has 0 aliphatic carbocycles. The van der Waals surface area contributed by atoms with Crippen LogP contribution in [-0.2, 0) is 16.0 Å². The van der Waals surface area contributed by atoms with Gasteiger partial charge in [-0.2, -0.15) is 0 Å². The zero-order valence-electron chi connectivity index (χ0n) is 16.4. The van der Waals surface area contributed by atoms with Gasteiger partial charge in [-0.1, -0.05) is 37.3 Å². The number of thiophene rings is 1. The molecule has 0 bridgehead atoms. The number of hydrogen-bond donors (Lipinski definition) is 1. The van der Waals surface area contributed by atoms with Crippen molar-refractivity contribution >= 4 is 33.4 Å². The van der Waals surface area contributed by atoms with Crippen molar-refractivity contribution < 1.29 is 14.3 Å². The molecule has 1 atom stereocenters. The maximum atomic E-state index is 13.1. The second-order valence-electron chi connectivity index (χ2n) is 6.53. The number of methoxy groups -OCH3 is 1. The SMILES string of the molecule is CCc1nc(C)c2c(C)c(C(=O)NC(CC(=O)OC)c3ccccc3)sc2n1. The summed E-state index contributed by atoms with van der Waals surface area (Å²) in [5.41, 5.74) is 2.59. The molecule has 1 aromatic carbocycles. The summed E-state index contributed by atoms with van der Waals surface area (Å²) in [4.78, 5) is 35.4. The van der Waals surface area contributed by atoms with Crippen LogP contribution in [0, 0.1) is 13.8 Å². The first-order valence-electron chi connectivity index (χ1n) is 9.13. The first kappa shape index (κ1) is 19.9. The molecule has 1 amide bonds. The average molecular weight is 398 g/mol. The van der Waals surface area contributed by atoms with Crippen LogP contribution in [0.3, 0.4) is 0 Å². The Kier molecular flexibility index (Phi) is 6.04. The van der Waals surface area contributed by atoms with Gasteiger partial charge in [-0.05, 0) is 25.0 Å². The topological polar surface area (TPSA) is 81.2 Å². The number of aryl methyl sites for hydroxylation is 3. The number of esters is 1. The largest absolute Gasteiger partial charge is 0.469 e. The van der Waals surface area contributed by atoms with Gasteiger partial charge in [-0.25, -0.2) is 9.97 Å². The zero-order valence-corrected chi connectivity index (χ0v) is 17.2. The molecule has 2 heterocycles. The van der Waals surface area contributed by atoms with Crippen LogP contribution in [0.4, 0.5) is 0 Å². The van der Waals surface area contributed by atoms with Gasteiger partial charge < -0.3 is 10.1 Å². The predicted molar refractivity (Wildman–Crippen MR) is 110 cm³/mol. The molecule has 146 valence electrons. The van der Waals surface area contributed by atoms with E-state index in [1.807, 2.05) is 51.1 Å². The van der Waals surface area contributed by atoms with Gasteiger partial charge in [0.2, 0.25) is 0 Å². The Morgan fingerprint density at radius 3 is 2.54 bits per heavy atom. The molecule has 2 aromatic heterocycles. The Morgan fingerprint density at radius 1 is 1.18 bits per heavy atom. The van der Waals surface area contributed by atoms with E-state index in [-0.39, 0.29) is 18.3 Å². The van der Waals surface area contributed by atoms with Crippen molar-refractivity contribution in [1.82, 2.24) is 15.3 Å². The van der Waals surface area contributed by atoms with Crippen molar-refractivity contribution in [3.63, 3.8) is 0 Å². The van der Waals surface area contributed by atoms with E-state index >= 15 is 0 Å². The molecule has 1 N–H and O–H groups in total. The highest BCUT2D eigenvalue weighted by Gasteiger charge is 2.23. The summed E-state index contributed by atoms with van der Waals surface area (Å²) >= 11 is 1.36. The summed E-state index contributed by atoms with van der Waals surface area (Å²) in [5.74, 6) is 0.165. The highest BCUT2D eigenvalue weighted by atomic mass is 32.1. The van der Waals surface area contributed by atoms with Gasteiger partial charge in [-0.15, -0.1) is 11.3 Å². The van der Waals surface area contributed by atoms with Crippen LogP contribution in [0.25, 0.3) is 10.2 Å². The van der Waals surface area contributed by atoms with Crippen LogP contribution in [0.1, 0.15) is 51.7 Å². The van der Waals surface area contributed by atoms with Crippen LogP contribution in [0.5, 0.6) is 0 Å². The standard InChI is InChI=1S/C21H23N3O3S/c1-5-16-22-13(3)18-12(2)19(28-21(18)24-16)20(26)23-15(11-17(25)27-4)14-9-7-6-8-10-14/h6-10,15H,5,11H2,1-4H3,(H,23,26). The summed E-state index contributed by atoms with van der Waals surface area (Å²) in [6.45, 7) is 5.86. The number of fused-ring (bicyclic) bond motifs is 1. The normalized spacial score (nSPS) is 12.0. The number of ether oxygens (including phenoxy) is 1. The van der Waals surface area contributed by atoms with Gasteiger partial charge in [0.05, 0.1) is 24.4 Å². The Labute approximate surface area is 168 Å². The summed E-state index contributed by atoms with van der Waals surface area (Å²) in [6, 6.07) is 8.94. The Bertz CT molecular complexity index is 1010. The molecule has 3 aromatic rings. The molecule has 7 heteroatoms. The van der Waals surface area contributed by atoms with E-state index in [1.165, 1.54) is 18.4 Å². The van der Waals surface area contributed by atoms with Crippen molar-refractivity contribution in [3.8, 4) is 0 Å². The highest BCUT2D eigenvalue weighted by Crippen LogP contribution is 2.32. The van der Waals surface area contributed by atoms with Crippen LogP contribution in [-0.4, -0.2) is 29.0 Å². The summed E-state index contributed by atoms with van der Waals surface area (Å²) in [5, 5.41) is 3.91. The van der Waals surface area contributed by atoms with E-state index in [0.29, 0.717) is 4.88 Å². The summed E-state index contributed by atoms with van der Waals surface area (Å²) in [6.07, 6.45) is 0.805. The zero-order chi connectivity index (χ0) is 20.3.